The van der Waals surface area contributed by atoms with Crippen LogP contribution in [0.4, 0.5) is 4.79 Å². The van der Waals surface area contributed by atoms with E-state index in [0.29, 0.717) is 5.75 Å². The van der Waals surface area contributed by atoms with Crippen LogP contribution in [0.25, 0.3) is 22.3 Å². The first-order valence-electron chi connectivity index (χ1n) is 7.99. The third-order valence-electron chi connectivity index (χ3n) is 3.69. The molecule has 124 valence electrons. The Kier molecular flexibility index (Phi) is 5.27. The highest BCUT2D eigenvalue weighted by Crippen LogP contribution is 2.39. The summed E-state index contributed by atoms with van der Waals surface area (Å²) in [6.45, 7) is 3.64. The van der Waals surface area contributed by atoms with Gasteiger partial charge in [0.05, 0.1) is 0 Å². The van der Waals surface area contributed by atoms with Gasteiger partial charge in [0, 0.05) is 11.1 Å². The first-order chi connectivity index (χ1) is 12.3. The summed E-state index contributed by atoms with van der Waals surface area (Å²) in [7, 11) is 0. The number of carbonyl (C=O) groups excluding carboxylic acids is 1. The fraction of sp³-hybridized carbons (Fsp3) is 0.0455. The van der Waals surface area contributed by atoms with Crippen molar-refractivity contribution >= 4 is 6.16 Å². The van der Waals surface area contributed by atoms with Crippen molar-refractivity contribution in [1.29, 1.82) is 0 Å². The van der Waals surface area contributed by atoms with Crippen molar-refractivity contribution in [2.75, 3.05) is 6.61 Å². The largest absolute Gasteiger partial charge is 0.514 e. The molecule has 3 nitrogen and oxygen atoms in total. The second-order valence-electron chi connectivity index (χ2n) is 5.37. The summed E-state index contributed by atoms with van der Waals surface area (Å²) in [5, 5.41) is 0. The smallest absolute Gasteiger partial charge is 0.430 e. The third-order valence-corrected chi connectivity index (χ3v) is 3.69. The lowest BCUT2D eigenvalue weighted by Gasteiger charge is -2.15. The molecule has 0 aliphatic heterocycles. The molecule has 3 aromatic carbocycles. The summed E-state index contributed by atoms with van der Waals surface area (Å²) in [4.78, 5) is 12.0. The zero-order valence-electron chi connectivity index (χ0n) is 13.7. The number of rotatable bonds is 5. The predicted octanol–water partition coefficient (Wildman–Crippen LogP) is 5.72. The van der Waals surface area contributed by atoms with Gasteiger partial charge in [-0.1, -0.05) is 91.5 Å². The van der Waals surface area contributed by atoms with Crippen LogP contribution in [-0.2, 0) is 4.74 Å². The molecule has 3 aromatic rings. The van der Waals surface area contributed by atoms with Crippen molar-refractivity contribution in [1.82, 2.24) is 0 Å². The fourth-order valence-electron chi connectivity index (χ4n) is 2.58. The Morgan fingerprint density at radius 3 is 1.80 bits per heavy atom. The van der Waals surface area contributed by atoms with Crippen LogP contribution in [0, 0.1) is 0 Å². The van der Waals surface area contributed by atoms with Crippen molar-refractivity contribution in [3.8, 4) is 28.0 Å². The van der Waals surface area contributed by atoms with E-state index in [1.54, 1.807) is 0 Å². The first-order valence-corrected chi connectivity index (χ1v) is 7.99. The van der Waals surface area contributed by atoms with Crippen molar-refractivity contribution in [2.45, 2.75) is 0 Å². The molecule has 0 atom stereocenters. The second-order valence-corrected chi connectivity index (χ2v) is 5.37. The van der Waals surface area contributed by atoms with Gasteiger partial charge in [0.25, 0.3) is 0 Å². The highest BCUT2D eigenvalue weighted by atomic mass is 16.7. The molecule has 0 radical (unpaired) electrons. The van der Waals surface area contributed by atoms with Crippen LogP contribution in [0.5, 0.6) is 5.75 Å². The van der Waals surface area contributed by atoms with Gasteiger partial charge in [-0.3, -0.25) is 0 Å². The second kappa shape index (κ2) is 7.97. The van der Waals surface area contributed by atoms with Crippen molar-refractivity contribution in [3.63, 3.8) is 0 Å². The van der Waals surface area contributed by atoms with Gasteiger partial charge in [0.2, 0.25) is 0 Å². The molecular formula is C22H18O3. The average molecular weight is 330 g/mol. The molecule has 0 saturated carbocycles. The van der Waals surface area contributed by atoms with E-state index in [1.165, 1.54) is 6.08 Å². The molecule has 0 N–H and O–H groups in total. The molecule has 0 spiro atoms. The van der Waals surface area contributed by atoms with E-state index in [4.69, 9.17) is 9.47 Å². The van der Waals surface area contributed by atoms with Gasteiger partial charge in [0.1, 0.15) is 12.4 Å². The highest BCUT2D eigenvalue weighted by molar-refractivity contribution is 5.85. The number of para-hydroxylation sites is 1. The van der Waals surface area contributed by atoms with Crippen molar-refractivity contribution in [2.24, 2.45) is 0 Å². The van der Waals surface area contributed by atoms with E-state index in [0.717, 1.165) is 22.3 Å². The van der Waals surface area contributed by atoms with Gasteiger partial charge in [-0.2, -0.15) is 0 Å². The van der Waals surface area contributed by atoms with Gasteiger partial charge >= 0.3 is 6.16 Å². The zero-order chi connectivity index (χ0) is 17.5. The number of hydrogen-bond donors (Lipinski definition) is 0. The van der Waals surface area contributed by atoms with E-state index in [1.807, 2.05) is 78.9 Å². The van der Waals surface area contributed by atoms with E-state index < -0.39 is 6.16 Å². The van der Waals surface area contributed by atoms with Crippen LogP contribution in [0.15, 0.2) is 91.5 Å². The zero-order valence-corrected chi connectivity index (χ0v) is 13.7. The van der Waals surface area contributed by atoms with Gasteiger partial charge in [0.15, 0.2) is 0 Å². The number of ether oxygens (including phenoxy) is 2. The maximum Gasteiger partial charge on any atom is 0.514 e. The molecule has 3 heteroatoms. The monoisotopic (exact) mass is 330 g/mol. The Bertz CT molecular complexity index is 797. The quantitative estimate of drug-likeness (QED) is 0.341. The Labute approximate surface area is 147 Å². The summed E-state index contributed by atoms with van der Waals surface area (Å²) in [5.41, 5.74) is 3.59. The van der Waals surface area contributed by atoms with Crippen LogP contribution in [0.2, 0.25) is 0 Å². The Morgan fingerprint density at radius 2 is 1.32 bits per heavy atom. The molecule has 0 bridgehead atoms. The molecule has 25 heavy (non-hydrogen) atoms. The van der Waals surface area contributed by atoms with Crippen LogP contribution in [-0.4, -0.2) is 12.8 Å². The molecule has 0 aliphatic carbocycles. The highest BCUT2D eigenvalue weighted by Gasteiger charge is 2.17. The Hall–Kier alpha value is -3.33. The molecule has 0 aromatic heterocycles. The molecule has 0 heterocycles. The summed E-state index contributed by atoms with van der Waals surface area (Å²) in [5.74, 6) is 0.481. The standard InChI is InChI=1S/C22H18O3/c1-2-16-24-22(23)25-21-19(17-10-5-3-6-11-17)14-9-15-20(21)18-12-7-4-8-13-18/h2-15H,1,16H2. The molecule has 3 rings (SSSR count). The Morgan fingerprint density at radius 1 is 0.800 bits per heavy atom. The van der Waals surface area contributed by atoms with E-state index in [2.05, 4.69) is 6.58 Å². The van der Waals surface area contributed by atoms with Crippen LogP contribution in [0.1, 0.15) is 0 Å². The van der Waals surface area contributed by atoms with Crippen LogP contribution < -0.4 is 4.74 Å². The molecule has 0 saturated heterocycles. The van der Waals surface area contributed by atoms with Gasteiger partial charge in [-0.05, 0) is 11.1 Å². The predicted molar refractivity (Wildman–Crippen MR) is 99.5 cm³/mol. The number of hydrogen-bond acceptors (Lipinski definition) is 3. The molecule has 0 aliphatic rings. The normalized spacial score (nSPS) is 10.1. The SMILES string of the molecule is C=CCOC(=O)Oc1c(-c2ccccc2)cccc1-c1ccccc1. The summed E-state index contributed by atoms with van der Waals surface area (Å²) < 4.78 is 10.6. The Balaban J connectivity index is 2.09. The minimum atomic E-state index is -0.750. The third kappa shape index (κ3) is 3.96. The molecule has 0 unspecified atom stereocenters. The summed E-state index contributed by atoms with van der Waals surface area (Å²) in [6, 6.07) is 25.4. The van der Waals surface area contributed by atoms with Crippen molar-refractivity contribution < 1.29 is 14.3 Å². The fourth-order valence-corrected chi connectivity index (χ4v) is 2.58. The lowest BCUT2D eigenvalue weighted by atomic mass is 9.97. The average Bonchev–Trinajstić information content (AvgIpc) is 2.68. The maximum atomic E-state index is 12.0. The van der Waals surface area contributed by atoms with Gasteiger partial charge < -0.3 is 9.47 Å². The van der Waals surface area contributed by atoms with Crippen molar-refractivity contribution in [3.05, 3.63) is 91.5 Å². The number of carbonyl (C=O) groups is 1. The van der Waals surface area contributed by atoms with Gasteiger partial charge in [-0.15, -0.1) is 0 Å². The summed E-state index contributed by atoms with van der Waals surface area (Å²) >= 11 is 0. The molecular weight excluding hydrogens is 312 g/mol. The first kappa shape index (κ1) is 16.5. The molecule has 0 fully saturated rings. The van der Waals surface area contributed by atoms with Crippen LogP contribution >= 0.6 is 0 Å². The van der Waals surface area contributed by atoms with Crippen LogP contribution in [0.3, 0.4) is 0 Å². The lowest BCUT2D eigenvalue weighted by molar-refractivity contribution is 0.110. The topological polar surface area (TPSA) is 35.5 Å². The minimum Gasteiger partial charge on any atom is -0.430 e. The number of benzene rings is 3. The lowest BCUT2D eigenvalue weighted by Crippen LogP contribution is -2.11. The van der Waals surface area contributed by atoms with E-state index >= 15 is 0 Å². The molecule has 0 amide bonds. The van der Waals surface area contributed by atoms with E-state index in [-0.39, 0.29) is 6.61 Å². The van der Waals surface area contributed by atoms with E-state index in [9.17, 15) is 4.79 Å². The maximum absolute atomic E-state index is 12.0. The minimum absolute atomic E-state index is 0.104. The summed E-state index contributed by atoms with van der Waals surface area (Å²) in [6.07, 6.45) is 0.753. The van der Waals surface area contributed by atoms with Gasteiger partial charge in [-0.25, -0.2) is 4.79 Å².